The highest BCUT2D eigenvalue weighted by molar-refractivity contribution is 5.89. The number of hydrogen-bond donors (Lipinski definition) is 4. The average molecular weight is 304 g/mol. The third-order valence-corrected chi connectivity index (χ3v) is 3.51. The summed E-state index contributed by atoms with van der Waals surface area (Å²) in [6.07, 6.45) is 2.11. The minimum absolute atomic E-state index is 0.148. The first-order valence-electron chi connectivity index (χ1n) is 7.53. The molecule has 120 valence electrons. The minimum atomic E-state index is -0.906. The Morgan fingerprint density at radius 3 is 2.32 bits per heavy atom. The molecule has 0 aliphatic heterocycles. The van der Waals surface area contributed by atoms with Crippen LogP contribution in [0.5, 0.6) is 0 Å². The number of nitrogens with one attached hydrogen (secondary N) is 3. The summed E-state index contributed by atoms with van der Waals surface area (Å²) in [4.78, 5) is 23.5. The Morgan fingerprint density at radius 2 is 1.82 bits per heavy atom. The number of anilines is 1. The van der Waals surface area contributed by atoms with Crippen molar-refractivity contribution in [2.24, 2.45) is 5.73 Å². The maximum Gasteiger partial charge on any atom is 0.319 e. The van der Waals surface area contributed by atoms with Crippen molar-refractivity contribution >= 4 is 17.6 Å². The van der Waals surface area contributed by atoms with Gasteiger partial charge >= 0.3 is 6.03 Å². The lowest BCUT2D eigenvalue weighted by molar-refractivity contribution is -0.125. The Bertz CT molecular complexity index is 544. The summed E-state index contributed by atoms with van der Waals surface area (Å²) in [6, 6.07) is 7.39. The Kier molecular flexibility index (Phi) is 4.71. The zero-order valence-corrected chi connectivity index (χ0v) is 13.3. The molecule has 1 atom stereocenters. The van der Waals surface area contributed by atoms with Gasteiger partial charge in [0.05, 0.1) is 11.6 Å². The Balaban J connectivity index is 1.90. The molecule has 0 saturated heterocycles. The van der Waals surface area contributed by atoms with Gasteiger partial charge in [-0.1, -0.05) is 12.1 Å². The third kappa shape index (κ3) is 4.73. The number of nitrogens with two attached hydrogens (primary N) is 1. The lowest BCUT2D eigenvalue weighted by atomic mass is 10.0. The van der Waals surface area contributed by atoms with Crippen molar-refractivity contribution in [1.29, 1.82) is 0 Å². The molecule has 3 amide bonds. The second-order valence-electron chi connectivity index (χ2n) is 6.41. The van der Waals surface area contributed by atoms with Gasteiger partial charge in [0.2, 0.25) is 5.91 Å². The molecule has 1 fully saturated rings. The molecule has 0 bridgehead atoms. The molecule has 22 heavy (non-hydrogen) atoms. The van der Waals surface area contributed by atoms with Crippen LogP contribution in [0.2, 0.25) is 0 Å². The molecule has 1 aromatic rings. The lowest BCUT2D eigenvalue weighted by Gasteiger charge is -2.22. The molecule has 6 nitrogen and oxygen atoms in total. The van der Waals surface area contributed by atoms with Crippen LogP contribution >= 0.6 is 0 Å². The second-order valence-corrected chi connectivity index (χ2v) is 6.41. The van der Waals surface area contributed by atoms with Crippen molar-refractivity contribution in [3.05, 3.63) is 29.8 Å². The number of urea groups is 1. The number of rotatable bonds is 5. The highest BCUT2D eigenvalue weighted by atomic mass is 16.2. The van der Waals surface area contributed by atoms with Crippen molar-refractivity contribution < 1.29 is 9.59 Å². The van der Waals surface area contributed by atoms with Crippen LogP contribution < -0.4 is 21.7 Å². The molecule has 1 unspecified atom stereocenters. The summed E-state index contributed by atoms with van der Waals surface area (Å²) < 4.78 is 0. The Morgan fingerprint density at radius 1 is 1.23 bits per heavy atom. The SMILES string of the molecule is CC(NC(=O)C(C)(C)N)c1ccc(NC(=O)NC2CC2)cc1. The molecule has 6 heteroatoms. The molecule has 0 spiro atoms. The van der Waals surface area contributed by atoms with E-state index < -0.39 is 5.54 Å². The highest BCUT2D eigenvalue weighted by Crippen LogP contribution is 2.20. The van der Waals surface area contributed by atoms with Crippen molar-refractivity contribution in [3.8, 4) is 0 Å². The number of hydrogen-bond acceptors (Lipinski definition) is 3. The van der Waals surface area contributed by atoms with Crippen LogP contribution in [-0.4, -0.2) is 23.5 Å². The van der Waals surface area contributed by atoms with E-state index >= 15 is 0 Å². The molecule has 1 saturated carbocycles. The maximum absolute atomic E-state index is 11.9. The first kappa shape index (κ1) is 16.3. The van der Waals surface area contributed by atoms with Gasteiger partial charge in [-0.2, -0.15) is 0 Å². The summed E-state index contributed by atoms with van der Waals surface area (Å²) in [6.45, 7) is 5.23. The monoisotopic (exact) mass is 304 g/mol. The van der Waals surface area contributed by atoms with Gasteiger partial charge in [-0.15, -0.1) is 0 Å². The van der Waals surface area contributed by atoms with Gasteiger partial charge in [-0.05, 0) is 51.3 Å². The van der Waals surface area contributed by atoms with E-state index in [4.69, 9.17) is 5.73 Å². The van der Waals surface area contributed by atoms with Gasteiger partial charge < -0.3 is 21.7 Å². The van der Waals surface area contributed by atoms with Crippen LogP contribution in [0.4, 0.5) is 10.5 Å². The summed E-state index contributed by atoms with van der Waals surface area (Å²) in [5.74, 6) is -0.203. The first-order chi connectivity index (χ1) is 10.3. The number of amides is 3. The molecular formula is C16H24N4O2. The normalized spacial score (nSPS) is 15.8. The van der Waals surface area contributed by atoms with Crippen LogP contribution in [0.15, 0.2) is 24.3 Å². The van der Waals surface area contributed by atoms with E-state index in [1.54, 1.807) is 13.8 Å². The third-order valence-electron chi connectivity index (χ3n) is 3.51. The summed E-state index contributed by atoms with van der Waals surface area (Å²) in [5.41, 5.74) is 6.53. The topological polar surface area (TPSA) is 96.2 Å². The van der Waals surface area contributed by atoms with Gasteiger partial charge in [-0.3, -0.25) is 4.79 Å². The number of benzene rings is 1. The predicted octanol–water partition coefficient (Wildman–Crippen LogP) is 1.88. The molecular weight excluding hydrogens is 280 g/mol. The van der Waals surface area contributed by atoms with Crippen molar-refractivity contribution in [3.63, 3.8) is 0 Å². The van der Waals surface area contributed by atoms with Crippen molar-refractivity contribution in [2.75, 3.05) is 5.32 Å². The summed E-state index contributed by atoms with van der Waals surface area (Å²) in [5, 5.41) is 8.52. The predicted molar refractivity (Wildman–Crippen MR) is 86.4 cm³/mol. The fourth-order valence-electron chi connectivity index (χ4n) is 1.90. The van der Waals surface area contributed by atoms with Gasteiger partial charge in [0.15, 0.2) is 0 Å². The molecule has 0 radical (unpaired) electrons. The van der Waals surface area contributed by atoms with Crippen LogP contribution in [-0.2, 0) is 4.79 Å². The Hall–Kier alpha value is -2.08. The van der Waals surface area contributed by atoms with E-state index in [9.17, 15) is 9.59 Å². The minimum Gasteiger partial charge on any atom is -0.348 e. The average Bonchev–Trinajstić information content (AvgIpc) is 3.22. The van der Waals surface area contributed by atoms with Gasteiger partial charge in [0.1, 0.15) is 0 Å². The number of carbonyl (C=O) groups is 2. The maximum atomic E-state index is 11.9. The van der Waals surface area contributed by atoms with Crippen molar-refractivity contribution in [2.45, 2.75) is 51.2 Å². The van der Waals surface area contributed by atoms with Crippen LogP contribution in [0, 0.1) is 0 Å². The quantitative estimate of drug-likeness (QED) is 0.669. The molecule has 1 aliphatic rings. The fourth-order valence-corrected chi connectivity index (χ4v) is 1.90. The Labute approximate surface area is 130 Å². The van der Waals surface area contributed by atoms with Crippen LogP contribution in [0.25, 0.3) is 0 Å². The van der Waals surface area contributed by atoms with Crippen LogP contribution in [0.3, 0.4) is 0 Å². The van der Waals surface area contributed by atoms with E-state index in [-0.39, 0.29) is 18.0 Å². The van der Waals surface area contributed by atoms with E-state index in [0.717, 1.165) is 24.1 Å². The zero-order valence-electron chi connectivity index (χ0n) is 13.3. The van der Waals surface area contributed by atoms with E-state index in [0.29, 0.717) is 6.04 Å². The van der Waals surface area contributed by atoms with E-state index in [1.165, 1.54) is 0 Å². The summed E-state index contributed by atoms with van der Waals surface area (Å²) >= 11 is 0. The second kappa shape index (κ2) is 6.36. The van der Waals surface area contributed by atoms with Gasteiger partial charge in [0.25, 0.3) is 0 Å². The smallest absolute Gasteiger partial charge is 0.319 e. The molecule has 0 aromatic heterocycles. The van der Waals surface area contributed by atoms with E-state index in [2.05, 4.69) is 16.0 Å². The van der Waals surface area contributed by atoms with E-state index in [1.807, 2.05) is 31.2 Å². The largest absolute Gasteiger partial charge is 0.348 e. The summed E-state index contributed by atoms with van der Waals surface area (Å²) in [7, 11) is 0. The first-order valence-corrected chi connectivity index (χ1v) is 7.53. The lowest BCUT2D eigenvalue weighted by Crippen LogP contribution is -2.49. The molecule has 5 N–H and O–H groups in total. The standard InChI is InChI=1S/C16H24N4O2/c1-10(18-14(21)16(2,3)17)11-4-6-12(7-5-11)19-15(22)20-13-8-9-13/h4-7,10,13H,8-9,17H2,1-3H3,(H,18,21)(H2,19,20,22). The molecule has 0 heterocycles. The molecule has 1 aliphatic carbocycles. The number of carbonyl (C=O) groups excluding carboxylic acids is 2. The van der Waals surface area contributed by atoms with Crippen LogP contribution in [0.1, 0.15) is 45.2 Å². The fraction of sp³-hybridized carbons (Fsp3) is 0.500. The molecule has 1 aromatic carbocycles. The molecule has 2 rings (SSSR count). The van der Waals surface area contributed by atoms with Gasteiger partial charge in [0, 0.05) is 11.7 Å². The van der Waals surface area contributed by atoms with Gasteiger partial charge in [-0.25, -0.2) is 4.79 Å². The zero-order chi connectivity index (χ0) is 16.3. The highest BCUT2D eigenvalue weighted by Gasteiger charge is 2.24. The van der Waals surface area contributed by atoms with Crippen molar-refractivity contribution in [1.82, 2.24) is 10.6 Å².